The molecule has 0 radical (unpaired) electrons. The third kappa shape index (κ3) is 5.47. The Balaban J connectivity index is 2.47. The van der Waals surface area contributed by atoms with Gasteiger partial charge in [-0.1, -0.05) is 11.6 Å². The molecule has 140 valence electrons. The van der Waals surface area contributed by atoms with Crippen LogP contribution in [-0.4, -0.2) is 34.1 Å². The molecule has 2 aromatic heterocycles. The molecule has 0 spiro atoms. The van der Waals surface area contributed by atoms with Gasteiger partial charge in [0, 0.05) is 10.5 Å². The summed E-state index contributed by atoms with van der Waals surface area (Å²) < 4.78 is 14.6. The Labute approximate surface area is 169 Å². The normalized spacial score (nSPS) is 12.0. The second-order valence-corrected chi connectivity index (χ2v) is 8.71. The van der Waals surface area contributed by atoms with Crippen LogP contribution in [0.15, 0.2) is 15.7 Å². The Kier molecular flexibility index (Phi) is 6.72. The zero-order valence-electron chi connectivity index (χ0n) is 14.1. The number of rotatable bonds is 3. The number of anilines is 1. The summed E-state index contributed by atoms with van der Waals surface area (Å²) in [5.41, 5.74) is -0.352. The summed E-state index contributed by atoms with van der Waals surface area (Å²) in [4.78, 5) is 32.6. The monoisotopic (exact) mass is 480 g/mol. The first-order chi connectivity index (χ1) is 12.1. The predicted octanol–water partition coefficient (Wildman–Crippen LogP) is 4.38. The molecular weight excluding hydrogens is 468 g/mol. The van der Waals surface area contributed by atoms with Crippen LogP contribution in [0.5, 0.6) is 0 Å². The highest BCUT2D eigenvalue weighted by molar-refractivity contribution is 9.10. The molecule has 8 nitrogen and oxygen atoms in total. The maximum absolute atomic E-state index is 12.1. The summed E-state index contributed by atoms with van der Waals surface area (Å²) in [6.45, 7) is 5.16. The topological polar surface area (TPSA) is 103 Å². The molecule has 0 unspecified atom stereocenters. The van der Waals surface area contributed by atoms with Crippen molar-refractivity contribution in [1.82, 2.24) is 9.36 Å². The Morgan fingerprint density at radius 2 is 2.08 bits per heavy atom. The van der Waals surface area contributed by atoms with Gasteiger partial charge in [0.2, 0.25) is 0 Å². The smallest absolute Gasteiger partial charge is 0.413 e. The Hall–Kier alpha value is -1.56. The van der Waals surface area contributed by atoms with Gasteiger partial charge in [0.1, 0.15) is 15.8 Å². The first-order valence-electron chi connectivity index (χ1n) is 7.06. The SMILES string of the molecule is COC(=O)c1cc(N=c2ssnc2Cl)c(Br)nc1NC(=O)OC(C)(C)C. The van der Waals surface area contributed by atoms with E-state index in [1.54, 1.807) is 20.8 Å². The number of nitrogens with zero attached hydrogens (tertiary/aromatic N) is 3. The van der Waals surface area contributed by atoms with E-state index in [4.69, 9.17) is 21.1 Å². The van der Waals surface area contributed by atoms with Gasteiger partial charge in [-0.15, -0.1) is 0 Å². The number of esters is 1. The van der Waals surface area contributed by atoms with Crippen LogP contribution in [0.25, 0.3) is 0 Å². The highest BCUT2D eigenvalue weighted by Crippen LogP contribution is 2.29. The van der Waals surface area contributed by atoms with E-state index in [1.807, 2.05) is 0 Å². The molecule has 0 saturated carbocycles. The van der Waals surface area contributed by atoms with Gasteiger partial charge >= 0.3 is 12.1 Å². The quantitative estimate of drug-likeness (QED) is 0.396. The number of methoxy groups -OCH3 is 1. The summed E-state index contributed by atoms with van der Waals surface area (Å²) in [5, 5.41) is 2.69. The fourth-order valence-electron chi connectivity index (χ4n) is 1.65. The molecule has 2 aromatic rings. The number of halogens is 2. The van der Waals surface area contributed by atoms with Crippen LogP contribution in [0.1, 0.15) is 31.1 Å². The highest BCUT2D eigenvalue weighted by atomic mass is 79.9. The number of hydrogen-bond acceptors (Lipinski definition) is 9. The fourth-order valence-corrected chi connectivity index (χ4v) is 4.02. The van der Waals surface area contributed by atoms with Crippen LogP contribution in [-0.2, 0) is 9.47 Å². The number of aromatic nitrogens is 2. The van der Waals surface area contributed by atoms with Gasteiger partial charge in [0.05, 0.1) is 12.8 Å². The van der Waals surface area contributed by atoms with Gasteiger partial charge in [0.25, 0.3) is 0 Å². The molecule has 2 heterocycles. The molecule has 12 heteroatoms. The van der Waals surface area contributed by atoms with Crippen LogP contribution in [0.3, 0.4) is 0 Å². The lowest BCUT2D eigenvalue weighted by molar-refractivity contribution is 0.0601. The molecule has 0 aliphatic rings. The molecule has 0 fully saturated rings. The average molecular weight is 482 g/mol. The molecule has 26 heavy (non-hydrogen) atoms. The van der Waals surface area contributed by atoms with Crippen LogP contribution in [0.2, 0.25) is 5.15 Å². The maximum atomic E-state index is 12.1. The number of carbonyl (C=O) groups is 2. The van der Waals surface area contributed by atoms with Gasteiger partial charge in [-0.3, -0.25) is 5.32 Å². The number of carbonyl (C=O) groups excluding carboxylic acids is 2. The number of nitrogens with one attached hydrogen (secondary N) is 1. The largest absolute Gasteiger partial charge is 0.465 e. The van der Waals surface area contributed by atoms with Crippen molar-refractivity contribution in [2.24, 2.45) is 4.99 Å². The van der Waals surface area contributed by atoms with Crippen molar-refractivity contribution in [2.45, 2.75) is 26.4 Å². The third-order valence-electron chi connectivity index (χ3n) is 2.61. The minimum atomic E-state index is -0.751. The van der Waals surface area contributed by atoms with Crippen LogP contribution < -0.4 is 9.99 Å². The van der Waals surface area contributed by atoms with Crippen LogP contribution in [0, 0.1) is 0 Å². The van der Waals surface area contributed by atoms with E-state index < -0.39 is 17.7 Å². The van der Waals surface area contributed by atoms with Gasteiger partial charge in [0.15, 0.2) is 15.6 Å². The third-order valence-corrected chi connectivity index (χ3v) is 5.37. The van der Waals surface area contributed by atoms with Crippen LogP contribution >= 0.6 is 48.4 Å². The Morgan fingerprint density at radius 3 is 2.62 bits per heavy atom. The van der Waals surface area contributed by atoms with Crippen molar-refractivity contribution in [3.63, 3.8) is 0 Å². The minimum absolute atomic E-state index is 0.0182. The molecule has 1 N–H and O–H groups in total. The molecular formula is C14H14BrClN4O4S2. The molecule has 2 rings (SSSR count). The van der Waals surface area contributed by atoms with Crippen molar-refractivity contribution in [3.05, 3.63) is 26.1 Å². The molecule has 0 aliphatic carbocycles. The van der Waals surface area contributed by atoms with Crippen molar-refractivity contribution in [1.29, 1.82) is 0 Å². The lowest BCUT2D eigenvalue weighted by Gasteiger charge is -2.20. The lowest BCUT2D eigenvalue weighted by atomic mass is 10.2. The summed E-state index contributed by atoms with van der Waals surface area (Å²) in [6, 6.07) is 1.43. The zero-order chi connectivity index (χ0) is 19.5. The molecule has 0 atom stereocenters. The predicted molar refractivity (Wildman–Crippen MR) is 103 cm³/mol. The van der Waals surface area contributed by atoms with Crippen molar-refractivity contribution in [3.8, 4) is 0 Å². The standard InChI is InChI=1S/C14H14BrClN4O4S2/c1-14(2,3)24-13(22)19-10-6(12(21)23-4)5-7(8(15)18-10)17-11-9(16)20-26-25-11/h5H,1-4H3,(H,18,19,22). The second kappa shape index (κ2) is 8.42. The minimum Gasteiger partial charge on any atom is -0.465 e. The van der Waals surface area contributed by atoms with Crippen molar-refractivity contribution >= 4 is 72.0 Å². The average Bonchev–Trinajstić information content (AvgIpc) is 2.92. The van der Waals surface area contributed by atoms with E-state index in [0.29, 0.717) is 15.0 Å². The van der Waals surface area contributed by atoms with E-state index in [0.717, 1.165) is 0 Å². The summed E-state index contributed by atoms with van der Waals surface area (Å²) in [5.74, 6) is -0.708. The van der Waals surface area contributed by atoms with Crippen molar-refractivity contribution < 1.29 is 19.1 Å². The van der Waals surface area contributed by atoms with E-state index in [1.165, 1.54) is 34.1 Å². The van der Waals surface area contributed by atoms with E-state index in [2.05, 4.69) is 35.6 Å². The zero-order valence-corrected chi connectivity index (χ0v) is 18.1. The lowest BCUT2D eigenvalue weighted by Crippen LogP contribution is -2.28. The summed E-state index contributed by atoms with van der Waals surface area (Å²) in [7, 11) is 3.68. The first kappa shape index (κ1) is 20.7. The van der Waals surface area contributed by atoms with E-state index >= 15 is 0 Å². The number of pyridine rings is 1. The number of amides is 1. The van der Waals surface area contributed by atoms with Crippen LogP contribution in [0.4, 0.5) is 16.3 Å². The van der Waals surface area contributed by atoms with E-state index in [9.17, 15) is 9.59 Å². The summed E-state index contributed by atoms with van der Waals surface area (Å²) >= 11 is 9.22. The van der Waals surface area contributed by atoms with Gasteiger partial charge in [-0.2, -0.15) is 4.37 Å². The number of ether oxygens (including phenoxy) is 2. The van der Waals surface area contributed by atoms with E-state index in [-0.39, 0.29) is 16.5 Å². The fraction of sp³-hybridized carbons (Fsp3) is 0.357. The molecule has 0 aromatic carbocycles. The highest BCUT2D eigenvalue weighted by Gasteiger charge is 2.22. The Bertz CT molecular complexity index is 907. The first-order valence-corrected chi connectivity index (χ1v) is 10.3. The molecule has 1 amide bonds. The molecule has 0 bridgehead atoms. The molecule has 0 aliphatic heterocycles. The Morgan fingerprint density at radius 1 is 1.38 bits per heavy atom. The van der Waals surface area contributed by atoms with Gasteiger partial charge in [-0.25, -0.2) is 19.6 Å². The van der Waals surface area contributed by atoms with Gasteiger partial charge in [-0.05, 0) is 53.1 Å². The number of hydrogen-bond donors (Lipinski definition) is 1. The second-order valence-electron chi connectivity index (χ2n) is 5.77. The van der Waals surface area contributed by atoms with Crippen molar-refractivity contribution in [2.75, 3.05) is 12.4 Å². The summed E-state index contributed by atoms with van der Waals surface area (Å²) in [6.07, 6.45) is -0.751. The molecule has 0 saturated heterocycles. The van der Waals surface area contributed by atoms with Gasteiger partial charge < -0.3 is 9.47 Å². The maximum Gasteiger partial charge on any atom is 0.413 e.